The monoisotopic (exact) mass is 564 g/mol. The van der Waals surface area contributed by atoms with E-state index in [2.05, 4.69) is 20.4 Å². The second kappa shape index (κ2) is 12.3. The summed E-state index contributed by atoms with van der Waals surface area (Å²) in [6.07, 6.45) is 5.13. The Morgan fingerprint density at radius 1 is 0.700 bits per heavy atom. The molecule has 0 aromatic heterocycles. The molecular formula is C28H44N4O8. The van der Waals surface area contributed by atoms with Crippen molar-refractivity contribution >= 4 is 23.8 Å². The number of fused-ring (bicyclic) bond motifs is 6. The van der Waals surface area contributed by atoms with Crippen LogP contribution in [0.3, 0.4) is 0 Å². The van der Waals surface area contributed by atoms with Crippen molar-refractivity contribution in [1.82, 2.24) is 20.4 Å². The number of piperidine rings is 6. The van der Waals surface area contributed by atoms with Gasteiger partial charge in [0.25, 0.3) is 0 Å². The van der Waals surface area contributed by atoms with Crippen LogP contribution >= 0.6 is 0 Å². The van der Waals surface area contributed by atoms with E-state index in [0.29, 0.717) is 6.42 Å². The molecule has 6 saturated heterocycles. The lowest BCUT2D eigenvalue weighted by Crippen LogP contribution is -2.69. The molecule has 1 aliphatic carbocycles. The first-order valence-electron chi connectivity index (χ1n) is 14.7. The minimum absolute atomic E-state index is 0.00434. The summed E-state index contributed by atoms with van der Waals surface area (Å²) >= 11 is 0. The molecule has 224 valence electrons. The van der Waals surface area contributed by atoms with Gasteiger partial charge in [-0.1, -0.05) is 0 Å². The zero-order valence-electron chi connectivity index (χ0n) is 23.8. The highest BCUT2D eigenvalue weighted by atomic mass is 16.6. The van der Waals surface area contributed by atoms with Crippen LogP contribution in [0.1, 0.15) is 51.4 Å². The molecule has 4 bridgehead atoms. The quantitative estimate of drug-likeness (QED) is 0.397. The van der Waals surface area contributed by atoms with Gasteiger partial charge in [0.1, 0.15) is 24.3 Å². The van der Waals surface area contributed by atoms with Gasteiger partial charge in [0.2, 0.25) is 0 Å². The third kappa shape index (κ3) is 5.60. The van der Waals surface area contributed by atoms with Gasteiger partial charge in [0, 0.05) is 64.3 Å². The predicted molar refractivity (Wildman–Crippen MR) is 143 cm³/mol. The highest BCUT2D eigenvalue weighted by molar-refractivity contribution is 5.93. The molecule has 6 aliphatic heterocycles. The molecule has 0 aromatic rings. The minimum Gasteiger partial charge on any atom is -0.447 e. The molecular weight excluding hydrogens is 520 g/mol. The van der Waals surface area contributed by atoms with Crippen LogP contribution in [0.5, 0.6) is 0 Å². The first kappa shape index (κ1) is 29.2. The zero-order valence-corrected chi connectivity index (χ0v) is 23.8. The number of alkyl carbamates (subject to hydrolysis) is 2. The summed E-state index contributed by atoms with van der Waals surface area (Å²) in [7, 11) is 3.12. The molecule has 7 rings (SSSR count). The molecule has 2 N–H and O–H groups in total. The molecule has 2 amide bonds. The van der Waals surface area contributed by atoms with Gasteiger partial charge >= 0.3 is 12.2 Å². The lowest BCUT2D eigenvalue weighted by Gasteiger charge is -2.51. The summed E-state index contributed by atoms with van der Waals surface area (Å²) in [5, 5.41) is 5.84. The molecule has 4 atom stereocenters. The standard InChI is InChI=1S/C28H44N4O8/c1-37-15-27(23(33)19-6-10-31(27)11-7-19)17-39-25(35)29-21-4-3-5-22(14-21)30-26(36)40-18-28(16-38-2)24(34)20-8-12-32(28)13-9-20/h19-22H,3-18H2,1-2H3,(H,29,35)(H,30,36)/t21-,22+,27?,28?. The van der Waals surface area contributed by atoms with E-state index in [1.165, 1.54) is 0 Å². The molecule has 12 nitrogen and oxygen atoms in total. The molecule has 7 fully saturated rings. The van der Waals surface area contributed by atoms with Gasteiger partial charge in [-0.2, -0.15) is 0 Å². The Hall–Kier alpha value is -2.28. The van der Waals surface area contributed by atoms with E-state index in [-0.39, 0.29) is 61.9 Å². The Kier molecular flexibility index (Phi) is 8.98. The van der Waals surface area contributed by atoms with Crippen LogP contribution in [0.15, 0.2) is 0 Å². The third-order valence-electron chi connectivity index (χ3n) is 9.83. The molecule has 7 aliphatic rings. The Morgan fingerprint density at radius 2 is 1.10 bits per heavy atom. The number of Topliss-reactive ketones (excluding diaryl/α,β-unsaturated/α-hetero) is 2. The number of carbonyl (C=O) groups excluding carboxylic acids is 4. The maximum atomic E-state index is 13.1. The molecule has 6 heterocycles. The number of nitrogens with zero attached hydrogens (tertiary/aromatic N) is 2. The van der Waals surface area contributed by atoms with Gasteiger partial charge in [0.15, 0.2) is 11.6 Å². The van der Waals surface area contributed by atoms with E-state index >= 15 is 0 Å². The second-order valence-electron chi connectivity index (χ2n) is 12.2. The Morgan fingerprint density at radius 3 is 1.45 bits per heavy atom. The van der Waals surface area contributed by atoms with Crippen molar-refractivity contribution in [3.63, 3.8) is 0 Å². The van der Waals surface area contributed by atoms with Crippen LogP contribution in [0.25, 0.3) is 0 Å². The number of amides is 2. The van der Waals surface area contributed by atoms with Crippen molar-refractivity contribution in [1.29, 1.82) is 0 Å². The maximum Gasteiger partial charge on any atom is 0.407 e. The van der Waals surface area contributed by atoms with Crippen LogP contribution in [-0.2, 0) is 28.5 Å². The van der Waals surface area contributed by atoms with Gasteiger partial charge in [-0.15, -0.1) is 0 Å². The van der Waals surface area contributed by atoms with Crippen molar-refractivity contribution in [3.8, 4) is 0 Å². The van der Waals surface area contributed by atoms with Crippen LogP contribution in [0, 0.1) is 11.8 Å². The summed E-state index contributed by atoms with van der Waals surface area (Å²) in [6.45, 7) is 3.52. The predicted octanol–water partition coefficient (Wildman–Crippen LogP) is 1.11. The van der Waals surface area contributed by atoms with Gasteiger partial charge in [-0.25, -0.2) is 9.59 Å². The molecule has 0 aromatic carbocycles. The summed E-state index contributed by atoms with van der Waals surface area (Å²) in [6, 6.07) is -0.351. The Labute approximate surface area is 235 Å². The third-order valence-corrected chi connectivity index (χ3v) is 9.83. The summed E-state index contributed by atoms with van der Waals surface area (Å²) < 4.78 is 22.0. The fourth-order valence-electron chi connectivity index (χ4n) is 7.66. The van der Waals surface area contributed by atoms with Crippen LogP contribution in [0.4, 0.5) is 9.59 Å². The van der Waals surface area contributed by atoms with Gasteiger partial charge in [-0.05, 0) is 51.4 Å². The molecule has 1 saturated carbocycles. The first-order valence-corrected chi connectivity index (χ1v) is 14.7. The molecule has 0 spiro atoms. The molecule has 40 heavy (non-hydrogen) atoms. The number of carbonyl (C=O) groups is 4. The average Bonchev–Trinajstić information content (AvgIpc) is 2.96. The minimum atomic E-state index is -0.913. The van der Waals surface area contributed by atoms with Crippen molar-refractivity contribution in [2.24, 2.45) is 11.8 Å². The zero-order chi connectivity index (χ0) is 28.3. The topological polar surface area (TPSA) is 136 Å². The average molecular weight is 565 g/mol. The molecule has 12 heteroatoms. The number of nitrogens with one attached hydrogen (secondary N) is 2. The van der Waals surface area contributed by atoms with Crippen LogP contribution in [-0.4, -0.2) is 124 Å². The second-order valence-corrected chi connectivity index (χ2v) is 12.2. The van der Waals surface area contributed by atoms with Gasteiger partial charge in [-0.3, -0.25) is 19.4 Å². The largest absolute Gasteiger partial charge is 0.447 e. The fraction of sp³-hybridized carbons (Fsp3) is 0.857. The number of hydrogen-bond acceptors (Lipinski definition) is 10. The van der Waals surface area contributed by atoms with E-state index in [9.17, 15) is 19.2 Å². The lowest BCUT2D eigenvalue weighted by molar-refractivity contribution is -0.158. The SMILES string of the molecule is COCC1(COC(=O)N[C@@H]2CCC[C@H](NC(=O)OCC3(COC)C(=O)C4CCN3CC4)C2)C(=O)C2CCN1CC2. The van der Waals surface area contributed by atoms with Crippen LogP contribution in [0.2, 0.25) is 0 Å². The summed E-state index contributed by atoms with van der Waals surface area (Å²) in [4.78, 5) is 55.9. The Balaban J connectivity index is 1.09. The highest BCUT2D eigenvalue weighted by Crippen LogP contribution is 2.38. The smallest absolute Gasteiger partial charge is 0.407 e. The van der Waals surface area contributed by atoms with E-state index < -0.39 is 23.3 Å². The van der Waals surface area contributed by atoms with Gasteiger partial charge < -0.3 is 29.6 Å². The molecule has 0 radical (unpaired) electrons. The number of ketones is 2. The van der Waals surface area contributed by atoms with Gasteiger partial charge in [0.05, 0.1) is 13.2 Å². The van der Waals surface area contributed by atoms with Crippen LogP contribution < -0.4 is 10.6 Å². The number of rotatable bonds is 10. The molecule has 2 unspecified atom stereocenters. The summed E-state index contributed by atoms with van der Waals surface area (Å²) in [5.74, 6) is 0.216. The Bertz CT molecular complexity index is 890. The highest BCUT2D eigenvalue weighted by Gasteiger charge is 2.55. The van der Waals surface area contributed by atoms with Crippen molar-refractivity contribution in [2.45, 2.75) is 74.5 Å². The normalized spacial score (nSPS) is 38.6. The van der Waals surface area contributed by atoms with E-state index in [1.54, 1.807) is 14.2 Å². The number of hydrogen-bond donors (Lipinski definition) is 2. The van der Waals surface area contributed by atoms with Crippen molar-refractivity contribution in [2.75, 3.05) is 66.8 Å². The van der Waals surface area contributed by atoms with Crippen molar-refractivity contribution in [3.05, 3.63) is 0 Å². The van der Waals surface area contributed by atoms with E-state index in [4.69, 9.17) is 18.9 Å². The van der Waals surface area contributed by atoms with E-state index in [1.807, 2.05) is 0 Å². The lowest BCUT2D eigenvalue weighted by atomic mass is 9.74. The van der Waals surface area contributed by atoms with E-state index in [0.717, 1.165) is 71.1 Å². The first-order chi connectivity index (χ1) is 19.3. The number of methoxy groups -OCH3 is 2. The maximum absolute atomic E-state index is 13.1. The number of ether oxygens (including phenoxy) is 4. The fourth-order valence-corrected chi connectivity index (χ4v) is 7.66. The summed E-state index contributed by atoms with van der Waals surface area (Å²) in [5.41, 5.74) is -1.83. The van der Waals surface area contributed by atoms with Crippen molar-refractivity contribution < 1.29 is 38.1 Å².